The van der Waals surface area contributed by atoms with E-state index in [-0.39, 0.29) is 24.0 Å². The van der Waals surface area contributed by atoms with Gasteiger partial charge in [0.15, 0.2) is 5.96 Å². The lowest BCUT2D eigenvalue weighted by molar-refractivity contribution is -0.0318. The zero-order chi connectivity index (χ0) is 18.2. The van der Waals surface area contributed by atoms with Crippen LogP contribution in [0.15, 0.2) is 4.99 Å². The van der Waals surface area contributed by atoms with Crippen LogP contribution in [0.1, 0.15) is 32.6 Å². The van der Waals surface area contributed by atoms with Crippen LogP contribution in [0, 0.1) is 0 Å². The molecule has 0 saturated carbocycles. The van der Waals surface area contributed by atoms with Gasteiger partial charge in [0.2, 0.25) is 0 Å². The third-order valence-electron chi connectivity index (χ3n) is 4.11. The zero-order valence-corrected chi connectivity index (χ0v) is 19.1. The molecule has 0 amide bonds. The number of methoxy groups -OCH3 is 1. The molecule has 1 rings (SSSR count). The van der Waals surface area contributed by atoms with E-state index in [0.29, 0.717) is 6.10 Å². The third-order valence-corrected chi connectivity index (χ3v) is 4.11. The zero-order valence-electron chi connectivity index (χ0n) is 16.8. The Morgan fingerprint density at radius 2 is 1.92 bits per heavy atom. The molecule has 0 aliphatic carbocycles. The molecule has 8 heteroatoms. The van der Waals surface area contributed by atoms with Crippen LogP contribution in [-0.2, 0) is 14.2 Å². The average Bonchev–Trinajstić information content (AvgIpc) is 2.62. The van der Waals surface area contributed by atoms with Crippen molar-refractivity contribution in [2.24, 2.45) is 4.99 Å². The van der Waals surface area contributed by atoms with Crippen molar-refractivity contribution in [3.63, 3.8) is 0 Å². The number of rotatable bonds is 13. The second-order valence-corrected chi connectivity index (χ2v) is 6.37. The van der Waals surface area contributed by atoms with E-state index in [4.69, 9.17) is 14.2 Å². The molecule has 1 aliphatic rings. The Balaban J connectivity index is 0.00000625. The minimum atomic E-state index is 0. The van der Waals surface area contributed by atoms with Crippen LogP contribution >= 0.6 is 24.0 Å². The molecule has 0 bridgehead atoms. The Morgan fingerprint density at radius 1 is 1.15 bits per heavy atom. The molecule has 1 saturated heterocycles. The normalized spacial score (nSPS) is 15.8. The molecular formula is C18H39IN4O3. The molecule has 1 aliphatic heterocycles. The van der Waals surface area contributed by atoms with Crippen LogP contribution < -0.4 is 10.6 Å². The molecule has 156 valence electrons. The van der Waals surface area contributed by atoms with Crippen LogP contribution in [0.3, 0.4) is 0 Å². The molecule has 2 N–H and O–H groups in total. The van der Waals surface area contributed by atoms with E-state index in [9.17, 15) is 0 Å². The van der Waals surface area contributed by atoms with Crippen molar-refractivity contribution in [3.05, 3.63) is 0 Å². The highest BCUT2D eigenvalue weighted by atomic mass is 127. The van der Waals surface area contributed by atoms with E-state index in [1.54, 1.807) is 7.11 Å². The second kappa shape index (κ2) is 18.2. The lowest BCUT2D eigenvalue weighted by Gasteiger charge is -2.22. The lowest BCUT2D eigenvalue weighted by atomic mass is 10.1. The first-order chi connectivity index (χ1) is 12.3. The summed E-state index contributed by atoms with van der Waals surface area (Å²) in [6.07, 6.45) is 4.42. The summed E-state index contributed by atoms with van der Waals surface area (Å²) in [7, 11) is 3.88. The maximum absolute atomic E-state index is 5.88. The third kappa shape index (κ3) is 14.0. The standard InChI is InChI=1S/C18H38N4O3.HI/c1-4-19-18(21-10-12-22(2)11-6-13-23-3)20-9-5-14-25-17-7-15-24-16-8-17;/h17H,4-16H2,1-3H3,(H2,19,20,21);1H. The Bertz CT molecular complexity index is 342. The Labute approximate surface area is 176 Å². The maximum atomic E-state index is 5.88. The average molecular weight is 486 g/mol. The summed E-state index contributed by atoms with van der Waals surface area (Å²) in [6, 6.07) is 0. The van der Waals surface area contributed by atoms with Gasteiger partial charge in [-0.1, -0.05) is 0 Å². The second-order valence-electron chi connectivity index (χ2n) is 6.37. The molecular weight excluding hydrogens is 447 g/mol. The Kier molecular flexibility index (Phi) is 18.1. The summed E-state index contributed by atoms with van der Waals surface area (Å²) < 4.78 is 16.3. The summed E-state index contributed by atoms with van der Waals surface area (Å²) in [6.45, 7) is 9.91. The highest BCUT2D eigenvalue weighted by Gasteiger charge is 2.13. The molecule has 0 aromatic carbocycles. The minimum Gasteiger partial charge on any atom is -0.385 e. The van der Waals surface area contributed by atoms with Gasteiger partial charge in [-0.3, -0.25) is 4.99 Å². The van der Waals surface area contributed by atoms with Crippen molar-refractivity contribution in [1.82, 2.24) is 15.5 Å². The van der Waals surface area contributed by atoms with Gasteiger partial charge < -0.3 is 29.7 Å². The first-order valence-corrected chi connectivity index (χ1v) is 9.65. The topological polar surface area (TPSA) is 67.4 Å². The smallest absolute Gasteiger partial charge is 0.191 e. The summed E-state index contributed by atoms with van der Waals surface area (Å²) in [4.78, 5) is 6.92. The highest BCUT2D eigenvalue weighted by Crippen LogP contribution is 2.10. The SMILES string of the molecule is CCNC(=NCCCOC1CCOCC1)NCCN(C)CCCOC.I. The Hall–Kier alpha value is -0.160. The summed E-state index contributed by atoms with van der Waals surface area (Å²) in [5.74, 6) is 0.888. The molecule has 0 aromatic rings. The number of hydrogen-bond donors (Lipinski definition) is 2. The fourth-order valence-corrected chi connectivity index (χ4v) is 2.65. The summed E-state index contributed by atoms with van der Waals surface area (Å²) in [5.41, 5.74) is 0. The quantitative estimate of drug-likeness (QED) is 0.179. The molecule has 1 fully saturated rings. The van der Waals surface area contributed by atoms with Crippen molar-refractivity contribution in [2.75, 3.05) is 73.3 Å². The number of hydrogen-bond acceptors (Lipinski definition) is 5. The molecule has 1 heterocycles. The van der Waals surface area contributed by atoms with E-state index in [2.05, 4.69) is 34.5 Å². The van der Waals surface area contributed by atoms with Crippen LogP contribution in [0.2, 0.25) is 0 Å². The number of aliphatic imine (C=N–C) groups is 1. The molecule has 0 aromatic heterocycles. The monoisotopic (exact) mass is 486 g/mol. The van der Waals surface area contributed by atoms with Gasteiger partial charge in [-0.05, 0) is 39.7 Å². The van der Waals surface area contributed by atoms with Gasteiger partial charge in [0.25, 0.3) is 0 Å². The number of nitrogens with one attached hydrogen (secondary N) is 2. The molecule has 0 atom stereocenters. The van der Waals surface area contributed by atoms with E-state index in [1.165, 1.54) is 0 Å². The van der Waals surface area contributed by atoms with Crippen molar-refractivity contribution in [3.8, 4) is 0 Å². The van der Waals surface area contributed by atoms with Crippen molar-refractivity contribution in [2.45, 2.75) is 38.7 Å². The van der Waals surface area contributed by atoms with Gasteiger partial charge in [-0.25, -0.2) is 0 Å². The first-order valence-electron chi connectivity index (χ1n) is 9.65. The van der Waals surface area contributed by atoms with Crippen LogP contribution in [0.5, 0.6) is 0 Å². The predicted molar refractivity (Wildman–Crippen MR) is 118 cm³/mol. The van der Waals surface area contributed by atoms with Crippen LogP contribution in [0.4, 0.5) is 0 Å². The van der Waals surface area contributed by atoms with Gasteiger partial charge in [0.1, 0.15) is 0 Å². The van der Waals surface area contributed by atoms with E-state index in [1.807, 2.05) is 0 Å². The maximum Gasteiger partial charge on any atom is 0.191 e. The van der Waals surface area contributed by atoms with Crippen molar-refractivity contribution in [1.29, 1.82) is 0 Å². The predicted octanol–water partition coefficient (Wildman–Crippen LogP) is 1.71. The number of halogens is 1. The number of ether oxygens (including phenoxy) is 3. The van der Waals surface area contributed by atoms with E-state index in [0.717, 1.165) is 90.8 Å². The molecule has 7 nitrogen and oxygen atoms in total. The van der Waals surface area contributed by atoms with Crippen LogP contribution in [0.25, 0.3) is 0 Å². The molecule has 0 spiro atoms. The highest BCUT2D eigenvalue weighted by molar-refractivity contribution is 14.0. The van der Waals surface area contributed by atoms with Gasteiger partial charge >= 0.3 is 0 Å². The van der Waals surface area contributed by atoms with Gasteiger partial charge in [0.05, 0.1) is 6.10 Å². The number of likely N-dealkylation sites (N-methyl/N-ethyl adjacent to an activating group) is 1. The van der Waals surface area contributed by atoms with Gasteiger partial charge in [-0.15, -0.1) is 24.0 Å². The fourth-order valence-electron chi connectivity index (χ4n) is 2.65. The Morgan fingerprint density at radius 3 is 2.62 bits per heavy atom. The van der Waals surface area contributed by atoms with Crippen molar-refractivity contribution >= 4 is 29.9 Å². The van der Waals surface area contributed by atoms with E-state index >= 15 is 0 Å². The van der Waals surface area contributed by atoms with Gasteiger partial charge in [0, 0.05) is 66.3 Å². The molecule has 26 heavy (non-hydrogen) atoms. The number of nitrogens with zero attached hydrogens (tertiary/aromatic N) is 2. The van der Waals surface area contributed by atoms with Crippen LogP contribution in [-0.4, -0.2) is 90.3 Å². The lowest BCUT2D eigenvalue weighted by Crippen LogP contribution is -2.41. The fraction of sp³-hybridized carbons (Fsp3) is 0.944. The minimum absolute atomic E-state index is 0. The largest absolute Gasteiger partial charge is 0.385 e. The summed E-state index contributed by atoms with van der Waals surface area (Å²) >= 11 is 0. The van der Waals surface area contributed by atoms with Crippen molar-refractivity contribution < 1.29 is 14.2 Å². The van der Waals surface area contributed by atoms with E-state index < -0.39 is 0 Å². The summed E-state index contributed by atoms with van der Waals surface area (Å²) in [5, 5.41) is 6.68. The molecule has 0 unspecified atom stereocenters. The first kappa shape index (κ1) is 25.8. The van der Waals surface area contributed by atoms with Gasteiger partial charge in [-0.2, -0.15) is 0 Å². The molecule has 0 radical (unpaired) electrons. The number of guanidine groups is 1.